The average Bonchev–Trinajstić information content (AvgIpc) is 3.02. The smallest absolute Gasteiger partial charge is 0.295 e. The summed E-state index contributed by atoms with van der Waals surface area (Å²) in [5, 5.41) is 11.1. The van der Waals surface area contributed by atoms with Crippen LogP contribution in [0, 0.1) is 6.92 Å². The number of rotatable bonds is 9. The Morgan fingerprint density at radius 2 is 1.91 bits per heavy atom. The van der Waals surface area contributed by atoms with Crippen LogP contribution in [-0.4, -0.2) is 60.4 Å². The molecule has 6 heteroatoms. The number of ketones is 1. The number of benzene rings is 2. The molecule has 1 amide bonds. The summed E-state index contributed by atoms with van der Waals surface area (Å²) in [6.07, 6.45) is 2.35. The van der Waals surface area contributed by atoms with Gasteiger partial charge >= 0.3 is 0 Å². The van der Waals surface area contributed by atoms with Crippen LogP contribution in [0.25, 0.3) is 5.76 Å². The van der Waals surface area contributed by atoms with Gasteiger partial charge in [0.2, 0.25) is 0 Å². The molecule has 0 unspecified atom stereocenters. The van der Waals surface area contributed by atoms with Gasteiger partial charge in [-0.25, -0.2) is 0 Å². The van der Waals surface area contributed by atoms with E-state index in [1.807, 2.05) is 56.3 Å². The number of nitrogens with zero attached hydrogens (tertiary/aromatic N) is 2. The molecule has 1 aliphatic heterocycles. The average molecular weight is 435 g/mol. The highest BCUT2D eigenvalue weighted by Gasteiger charge is 2.45. The number of aryl methyl sites for hydroxylation is 1. The number of aliphatic hydroxyl groups is 1. The van der Waals surface area contributed by atoms with Crippen molar-refractivity contribution in [3.05, 3.63) is 83.4 Å². The molecule has 6 nitrogen and oxygen atoms in total. The summed E-state index contributed by atoms with van der Waals surface area (Å²) < 4.78 is 5.66. The molecule has 0 aliphatic carbocycles. The second-order valence-corrected chi connectivity index (χ2v) is 8.19. The molecule has 1 heterocycles. The summed E-state index contributed by atoms with van der Waals surface area (Å²) in [6.45, 7) is 7.13. The molecule has 1 N–H and O–H groups in total. The van der Waals surface area contributed by atoms with Crippen LogP contribution in [0.4, 0.5) is 0 Å². The minimum atomic E-state index is -0.689. The SMILES string of the molecule is C=CCOc1cccc([C@@H]2/C(=C(\O)c3ccc(C)cc3)C(=O)C(=O)N2CCCN(C)C)c1. The van der Waals surface area contributed by atoms with Gasteiger partial charge in [-0.2, -0.15) is 0 Å². The Hall–Kier alpha value is -3.38. The summed E-state index contributed by atoms with van der Waals surface area (Å²) in [6, 6.07) is 13.8. The fourth-order valence-corrected chi connectivity index (χ4v) is 3.81. The predicted molar refractivity (Wildman–Crippen MR) is 125 cm³/mol. The first-order valence-corrected chi connectivity index (χ1v) is 10.7. The Morgan fingerprint density at radius 1 is 1.19 bits per heavy atom. The lowest BCUT2D eigenvalue weighted by Crippen LogP contribution is -2.32. The van der Waals surface area contributed by atoms with Crippen LogP contribution >= 0.6 is 0 Å². The molecular weight excluding hydrogens is 404 g/mol. The number of carbonyl (C=O) groups excluding carboxylic acids is 2. The predicted octanol–water partition coefficient (Wildman–Crippen LogP) is 3.93. The lowest BCUT2D eigenvalue weighted by Gasteiger charge is -2.26. The monoisotopic (exact) mass is 434 g/mol. The van der Waals surface area contributed by atoms with Crippen molar-refractivity contribution >= 4 is 17.4 Å². The number of hydrogen-bond donors (Lipinski definition) is 1. The van der Waals surface area contributed by atoms with Crippen LogP contribution in [0.3, 0.4) is 0 Å². The van der Waals surface area contributed by atoms with Gasteiger partial charge in [0.25, 0.3) is 11.7 Å². The molecule has 32 heavy (non-hydrogen) atoms. The van der Waals surface area contributed by atoms with Gasteiger partial charge in [-0.3, -0.25) is 9.59 Å². The molecule has 0 saturated carbocycles. The van der Waals surface area contributed by atoms with Crippen LogP contribution in [0.2, 0.25) is 0 Å². The van der Waals surface area contributed by atoms with Crippen molar-refractivity contribution in [3.8, 4) is 5.75 Å². The quantitative estimate of drug-likeness (QED) is 0.280. The van der Waals surface area contributed by atoms with Crippen LogP contribution in [0.1, 0.15) is 29.2 Å². The highest BCUT2D eigenvalue weighted by Crippen LogP contribution is 2.40. The first-order chi connectivity index (χ1) is 15.3. The molecule has 0 radical (unpaired) electrons. The second-order valence-electron chi connectivity index (χ2n) is 8.19. The minimum absolute atomic E-state index is 0.101. The minimum Gasteiger partial charge on any atom is -0.507 e. The van der Waals surface area contributed by atoms with E-state index in [0.717, 1.165) is 12.1 Å². The van der Waals surface area contributed by atoms with Gasteiger partial charge in [0.05, 0.1) is 11.6 Å². The zero-order chi connectivity index (χ0) is 23.3. The Kier molecular flexibility index (Phi) is 7.49. The molecule has 0 bridgehead atoms. The first kappa shape index (κ1) is 23.3. The van der Waals surface area contributed by atoms with Crippen molar-refractivity contribution in [3.63, 3.8) is 0 Å². The van der Waals surface area contributed by atoms with E-state index < -0.39 is 17.7 Å². The van der Waals surface area contributed by atoms with Gasteiger partial charge in [-0.1, -0.05) is 54.6 Å². The summed E-state index contributed by atoms with van der Waals surface area (Å²) >= 11 is 0. The number of hydrogen-bond acceptors (Lipinski definition) is 5. The maximum absolute atomic E-state index is 13.1. The summed E-state index contributed by atoms with van der Waals surface area (Å²) in [5.41, 5.74) is 2.36. The zero-order valence-electron chi connectivity index (χ0n) is 18.9. The van der Waals surface area contributed by atoms with E-state index in [-0.39, 0.29) is 11.3 Å². The Labute approximate surface area is 189 Å². The first-order valence-electron chi connectivity index (χ1n) is 10.7. The zero-order valence-corrected chi connectivity index (χ0v) is 18.9. The van der Waals surface area contributed by atoms with Crippen LogP contribution < -0.4 is 4.74 Å². The molecule has 1 saturated heterocycles. The lowest BCUT2D eigenvalue weighted by atomic mass is 9.95. The Bertz CT molecular complexity index is 1020. The van der Waals surface area contributed by atoms with Gasteiger partial charge < -0.3 is 19.6 Å². The van der Waals surface area contributed by atoms with E-state index in [4.69, 9.17) is 4.74 Å². The van der Waals surface area contributed by atoms with Gasteiger partial charge in [-0.05, 0) is 51.7 Å². The molecule has 0 aromatic heterocycles. The normalized spacial score (nSPS) is 17.8. The van der Waals surface area contributed by atoms with Crippen molar-refractivity contribution in [1.82, 2.24) is 9.80 Å². The number of Topliss-reactive ketones (excluding diaryl/α,β-unsaturated/α-hetero) is 1. The maximum Gasteiger partial charge on any atom is 0.295 e. The van der Waals surface area contributed by atoms with Crippen LogP contribution in [0.5, 0.6) is 5.75 Å². The third kappa shape index (κ3) is 5.08. The molecule has 1 fully saturated rings. The van der Waals surface area contributed by atoms with Gasteiger partial charge in [0, 0.05) is 12.1 Å². The summed E-state index contributed by atoms with van der Waals surface area (Å²) in [4.78, 5) is 29.6. The van der Waals surface area contributed by atoms with E-state index in [1.165, 1.54) is 0 Å². The lowest BCUT2D eigenvalue weighted by molar-refractivity contribution is -0.139. The van der Waals surface area contributed by atoms with E-state index >= 15 is 0 Å². The summed E-state index contributed by atoms with van der Waals surface area (Å²) in [5.74, 6) is -0.826. The molecule has 168 valence electrons. The van der Waals surface area contributed by atoms with Crippen molar-refractivity contribution in [2.24, 2.45) is 0 Å². The van der Waals surface area contributed by atoms with Crippen molar-refractivity contribution in [2.75, 3.05) is 33.8 Å². The molecule has 2 aromatic carbocycles. The maximum atomic E-state index is 13.1. The largest absolute Gasteiger partial charge is 0.507 e. The topological polar surface area (TPSA) is 70.1 Å². The van der Waals surface area contributed by atoms with Gasteiger partial charge in [-0.15, -0.1) is 0 Å². The Balaban J connectivity index is 2.08. The summed E-state index contributed by atoms with van der Waals surface area (Å²) in [7, 11) is 3.92. The number of aliphatic hydroxyl groups excluding tert-OH is 1. The second kappa shape index (κ2) is 10.3. The molecule has 1 aliphatic rings. The fourth-order valence-electron chi connectivity index (χ4n) is 3.81. The third-order valence-corrected chi connectivity index (χ3v) is 5.41. The molecule has 3 rings (SSSR count). The molecular formula is C26H30N2O4. The van der Waals surface area contributed by atoms with Crippen LogP contribution in [-0.2, 0) is 9.59 Å². The number of likely N-dealkylation sites (tertiary alicyclic amines) is 1. The highest BCUT2D eigenvalue weighted by molar-refractivity contribution is 6.46. The van der Waals surface area contributed by atoms with E-state index in [9.17, 15) is 14.7 Å². The van der Waals surface area contributed by atoms with E-state index in [2.05, 4.69) is 6.58 Å². The van der Waals surface area contributed by atoms with Crippen molar-refractivity contribution < 1.29 is 19.4 Å². The number of carbonyl (C=O) groups is 2. The molecule has 2 aromatic rings. The van der Waals surface area contributed by atoms with E-state index in [0.29, 0.717) is 36.4 Å². The number of ether oxygens (including phenoxy) is 1. The van der Waals surface area contributed by atoms with Crippen molar-refractivity contribution in [1.29, 1.82) is 0 Å². The Morgan fingerprint density at radius 3 is 2.56 bits per heavy atom. The van der Waals surface area contributed by atoms with Gasteiger partial charge in [0.15, 0.2) is 0 Å². The number of amides is 1. The van der Waals surface area contributed by atoms with E-state index in [1.54, 1.807) is 29.2 Å². The fraction of sp³-hybridized carbons (Fsp3) is 0.308. The third-order valence-electron chi connectivity index (χ3n) is 5.41. The highest BCUT2D eigenvalue weighted by atomic mass is 16.5. The van der Waals surface area contributed by atoms with Gasteiger partial charge in [0.1, 0.15) is 18.1 Å². The van der Waals surface area contributed by atoms with Crippen LogP contribution in [0.15, 0.2) is 66.8 Å². The molecule has 0 spiro atoms. The standard InChI is InChI=1S/C26H30N2O4/c1-5-16-32-21-9-6-8-20(17-21)23-22(24(29)19-12-10-18(2)11-13-19)25(30)26(31)28(23)15-7-14-27(3)4/h5-6,8-13,17,23,29H,1,7,14-16H2,2-4H3/b24-22+/t23-/m1/s1. The van der Waals surface area contributed by atoms with Crippen molar-refractivity contribution in [2.45, 2.75) is 19.4 Å². The molecule has 1 atom stereocenters.